The van der Waals surface area contributed by atoms with Crippen molar-refractivity contribution in [2.75, 3.05) is 6.61 Å². The molecule has 0 bridgehead atoms. The molecule has 0 amide bonds. The van der Waals surface area contributed by atoms with Gasteiger partial charge < -0.3 is 9.90 Å². The summed E-state index contributed by atoms with van der Waals surface area (Å²) in [5, 5.41) is 9.01. The lowest BCUT2D eigenvalue weighted by Crippen LogP contribution is -2.27. The van der Waals surface area contributed by atoms with Crippen molar-refractivity contribution >= 4 is 6.29 Å². The van der Waals surface area contributed by atoms with Gasteiger partial charge in [0.25, 0.3) is 0 Å². The van der Waals surface area contributed by atoms with Gasteiger partial charge in [0.2, 0.25) is 0 Å². The van der Waals surface area contributed by atoms with Crippen molar-refractivity contribution in [3.8, 4) is 0 Å². The molecule has 0 heterocycles. The third-order valence-electron chi connectivity index (χ3n) is 3.47. The van der Waals surface area contributed by atoms with Crippen LogP contribution in [0.1, 0.15) is 51.7 Å². The molecule has 1 atom stereocenters. The van der Waals surface area contributed by atoms with Crippen LogP contribution in [0.2, 0.25) is 0 Å². The lowest BCUT2D eigenvalue weighted by Gasteiger charge is -2.29. The molecular weight excluding hydrogens is 236 g/mol. The first-order valence-corrected chi connectivity index (χ1v) is 6.98. The lowest BCUT2D eigenvalue weighted by molar-refractivity contribution is -0.112. The summed E-state index contributed by atoms with van der Waals surface area (Å²) in [6.45, 7) is 8.71. The Morgan fingerprint density at radius 3 is 2.32 bits per heavy atom. The molecule has 0 fully saturated rings. The van der Waals surface area contributed by atoms with Gasteiger partial charge in [-0.15, -0.1) is 0 Å². The van der Waals surface area contributed by atoms with Gasteiger partial charge in [-0.25, -0.2) is 0 Å². The first-order valence-electron chi connectivity index (χ1n) is 6.98. The van der Waals surface area contributed by atoms with E-state index < -0.39 is 5.41 Å². The first kappa shape index (κ1) is 15.9. The SMILES string of the molecule is CC(C)(C)Cc1ccccc1C(C)(C=O)CCCO. The van der Waals surface area contributed by atoms with Crippen molar-refractivity contribution in [3.63, 3.8) is 0 Å². The summed E-state index contributed by atoms with van der Waals surface area (Å²) in [6, 6.07) is 8.18. The minimum absolute atomic E-state index is 0.130. The number of carbonyl (C=O) groups excluding carboxylic acids is 1. The Balaban J connectivity index is 3.13. The predicted molar refractivity (Wildman–Crippen MR) is 79.3 cm³/mol. The van der Waals surface area contributed by atoms with Gasteiger partial charge in [0, 0.05) is 12.0 Å². The van der Waals surface area contributed by atoms with E-state index >= 15 is 0 Å². The number of carbonyl (C=O) groups is 1. The van der Waals surface area contributed by atoms with E-state index in [4.69, 9.17) is 5.11 Å². The van der Waals surface area contributed by atoms with Crippen LogP contribution in [0.5, 0.6) is 0 Å². The van der Waals surface area contributed by atoms with E-state index in [0.717, 1.165) is 18.3 Å². The van der Waals surface area contributed by atoms with E-state index in [1.807, 2.05) is 25.1 Å². The Morgan fingerprint density at radius 2 is 1.79 bits per heavy atom. The van der Waals surface area contributed by atoms with Crippen molar-refractivity contribution in [1.29, 1.82) is 0 Å². The minimum atomic E-state index is -0.495. The van der Waals surface area contributed by atoms with E-state index in [-0.39, 0.29) is 12.0 Å². The van der Waals surface area contributed by atoms with Crippen LogP contribution in [0.3, 0.4) is 0 Å². The van der Waals surface area contributed by atoms with E-state index in [0.29, 0.717) is 12.8 Å². The molecule has 1 aromatic carbocycles. The van der Waals surface area contributed by atoms with E-state index in [1.165, 1.54) is 5.56 Å². The molecule has 0 radical (unpaired) electrons. The van der Waals surface area contributed by atoms with Crippen LogP contribution in [0.15, 0.2) is 24.3 Å². The van der Waals surface area contributed by atoms with Crippen LogP contribution >= 0.6 is 0 Å². The molecule has 0 spiro atoms. The van der Waals surface area contributed by atoms with Crippen LogP contribution in [0.25, 0.3) is 0 Å². The number of hydrogen-bond donors (Lipinski definition) is 1. The maximum absolute atomic E-state index is 11.6. The summed E-state index contributed by atoms with van der Waals surface area (Å²) in [5.74, 6) is 0. The fourth-order valence-electron chi connectivity index (χ4n) is 2.51. The number of hydrogen-bond acceptors (Lipinski definition) is 2. The molecule has 0 aliphatic heterocycles. The maximum Gasteiger partial charge on any atom is 0.130 e. The van der Waals surface area contributed by atoms with E-state index in [9.17, 15) is 4.79 Å². The molecule has 0 aliphatic rings. The molecule has 0 aliphatic carbocycles. The Bertz CT molecular complexity index is 418. The minimum Gasteiger partial charge on any atom is -0.396 e. The second kappa shape index (κ2) is 6.33. The van der Waals surface area contributed by atoms with Crippen LogP contribution in [0, 0.1) is 5.41 Å². The number of aliphatic hydroxyl groups is 1. The predicted octanol–water partition coefficient (Wildman–Crippen LogP) is 3.50. The monoisotopic (exact) mass is 262 g/mol. The van der Waals surface area contributed by atoms with Crippen molar-refractivity contribution in [3.05, 3.63) is 35.4 Å². The average molecular weight is 262 g/mol. The normalized spacial score (nSPS) is 15.0. The molecule has 1 aromatic rings. The lowest BCUT2D eigenvalue weighted by atomic mass is 9.75. The second-order valence-electron chi connectivity index (χ2n) is 6.76. The molecular formula is C17H26O2. The maximum atomic E-state index is 11.6. The molecule has 106 valence electrons. The third kappa shape index (κ3) is 4.46. The smallest absolute Gasteiger partial charge is 0.130 e. The number of benzene rings is 1. The Kier molecular flexibility index (Phi) is 5.30. The molecule has 0 aromatic heterocycles. The van der Waals surface area contributed by atoms with Crippen LogP contribution in [-0.2, 0) is 16.6 Å². The van der Waals surface area contributed by atoms with Gasteiger partial charge in [-0.05, 0) is 42.7 Å². The van der Waals surface area contributed by atoms with E-state index in [1.54, 1.807) is 0 Å². The van der Waals surface area contributed by atoms with Crippen LogP contribution in [0.4, 0.5) is 0 Å². The highest BCUT2D eigenvalue weighted by Gasteiger charge is 2.28. The average Bonchev–Trinajstić information content (AvgIpc) is 2.34. The van der Waals surface area contributed by atoms with Gasteiger partial charge in [-0.1, -0.05) is 45.0 Å². The van der Waals surface area contributed by atoms with Crippen molar-refractivity contribution in [2.24, 2.45) is 5.41 Å². The van der Waals surface area contributed by atoms with Crippen molar-refractivity contribution in [1.82, 2.24) is 0 Å². The summed E-state index contributed by atoms with van der Waals surface area (Å²) in [7, 11) is 0. The molecule has 1 unspecified atom stereocenters. The highest BCUT2D eigenvalue weighted by atomic mass is 16.2. The number of aliphatic hydroxyl groups excluding tert-OH is 1. The number of aldehydes is 1. The Morgan fingerprint density at radius 1 is 1.16 bits per heavy atom. The summed E-state index contributed by atoms with van der Waals surface area (Å²) < 4.78 is 0. The quantitative estimate of drug-likeness (QED) is 0.797. The zero-order valence-electron chi connectivity index (χ0n) is 12.6. The molecule has 0 saturated carbocycles. The van der Waals surface area contributed by atoms with Gasteiger partial charge >= 0.3 is 0 Å². The van der Waals surface area contributed by atoms with Gasteiger partial charge in [0.05, 0.1) is 0 Å². The molecule has 0 saturated heterocycles. The standard InChI is InChI=1S/C17H26O2/c1-16(2,3)12-14-8-5-6-9-15(14)17(4,13-19)10-7-11-18/h5-6,8-9,13,18H,7,10-12H2,1-4H3. The topological polar surface area (TPSA) is 37.3 Å². The van der Waals surface area contributed by atoms with Gasteiger partial charge in [-0.3, -0.25) is 0 Å². The summed E-state index contributed by atoms with van der Waals surface area (Å²) >= 11 is 0. The molecule has 1 rings (SSSR count). The largest absolute Gasteiger partial charge is 0.396 e. The van der Waals surface area contributed by atoms with Crippen molar-refractivity contribution in [2.45, 2.75) is 52.4 Å². The zero-order chi connectivity index (χ0) is 14.5. The van der Waals surface area contributed by atoms with Crippen LogP contribution < -0.4 is 0 Å². The van der Waals surface area contributed by atoms with Crippen molar-refractivity contribution < 1.29 is 9.90 Å². The molecule has 1 N–H and O–H groups in total. The first-order chi connectivity index (χ1) is 8.82. The summed E-state index contributed by atoms with van der Waals surface area (Å²) in [4.78, 5) is 11.6. The van der Waals surface area contributed by atoms with Gasteiger partial charge in [0.15, 0.2) is 0 Å². The highest BCUT2D eigenvalue weighted by molar-refractivity contribution is 5.69. The molecule has 2 nitrogen and oxygen atoms in total. The molecule has 19 heavy (non-hydrogen) atoms. The molecule has 2 heteroatoms. The number of rotatable bonds is 6. The van der Waals surface area contributed by atoms with E-state index in [2.05, 4.69) is 26.8 Å². The Labute approximate surface area is 116 Å². The van der Waals surface area contributed by atoms with Gasteiger partial charge in [0.1, 0.15) is 6.29 Å². The van der Waals surface area contributed by atoms with Gasteiger partial charge in [-0.2, -0.15) is 0 Å². The third-order valence-corrected chi connectivity index (χ3v) is 3.47. The summed E-state index contributed by atoms with van der Waals surface area (Å²) in [6.07, 6.45) is 3.32. The Hall–Kier alpha value is -1.15. The summed E-state index contributed by atoms with van der Waals surface area (Å²) in [5.41, 5.74) is 2.04. The second-order valence-corrected chi connectivity index (χ2v) is 6.76. The highest BCUT2D eigenvalue weighted by Crippen LogP contribution is 2.33. The fourth-order valence-corrected chi connectivity index (χ4v) is 2.51. The zero-order valence-corrected chi connectivity index (χ0v) is 12.6. The van der Waals surface area contributed by atoms with Crippen LogP contribution in [-0.4, -0.2) is 18.0 Å². The fraction of sp³-hybridized carbons (Fsp3) is 0.588.